The van der Waals surface area contributed by atoms with Crippen LogP contribution in [-0.2, 0) is 30.9 Å². The minimum atomic E-state index is -3.59. The Morgan fingerprint density at radius 2 is 1.87 bits per heavy atom. The highest BCUT2D eigenvalue weighted by molar-refractivity contribution is 7.89. The van der Waals surface area contributed by atoms with Crippen LogP contribution in [0.4, 0.5) is 5.69 Å². The van der Waals surface area contributed by atoms with E-state index in [9.17, 15) is 18.0 Å². The highest BCUT2D eigenvalue weighted by Gasteiger charge is 2.35. The number of aromatic nitrogens is 1. The lowest BCUT2D eigenvalue weighted by molar-refractivity contribution is -0.126. The summed E-state index contributed by atoms with van der Waals surface area (Å²) in [6.07, 6.45) is 1.77. The summed E-state index contributed by atoms with van der Waals surface area (Å²) < 4.78 is 32.1. The zero-order valence-electron chi connectivity index (χ0n) is 16.9. The number of nitrogens with zero attached hydrogens (tertiary/aromatic N) is 3. The van der Waals surface area contributed by atoms with Crippen molar-refractivity contribution in [3.63, 3.8) is 0 Å². The molecular weight excluding hydrogens is 420 g/mol. The molecule has 1 atom stereocenters. The molecule has 0 spiro atoms. The molecule has 0 bridgehead atoms. The molecule has 1 unspecified atom stereocenters. The minimum absolute atomic E-state index is 0.113. The Hall–Kier alpha value is -2.82. The van der Waals surface area contributed by atoms with Gasteiger partial charge in [0.2, 0.25) is 21.8 Å². The quantitative estimate of drug-likeness (QED) is 0.705. The van der Waals surface area contributed by atoms with Crippen molar-refractivity contribution < 1.29 is 22.7 Å². The molecule has 2 amide bonds. The van der Waals surface area contributed by atoms with Crippen LogP contribution in [0.25, 0.3) is 0 Å². The molecule has 31 heavy (non-hydrogen) atoms. The van der Waals surface area contributed by atoms with Gasteiger partial charge in [-0.3, -0.25) is 14.6 Å². The Morgan fingerprint density at radius 1 is 1.13 bits per heavy atom. The molecule has 0 radical (unpaired) electrons. The van der Waals surface area contributed by atoms with Crippen LogP contribution < -0.4 is 10.2 Å². The third-order valence-electron chi connectivity index (χ3n) is 5.42. The number of ether oxygens (including phenoxy) is 1. The van der Waals surface area contributed by atoms with E-state index in [-0.39, 0.29) is 29.7 Å². The van der Waals surface area contributed by atoms with Gasteiger partial charge in [-0.1, -0.05) is 6.07 Å². The van der Waals surface area contributed by atoms with Crippen LogP contribution >= 0.6 is 0 Å². The zero-order valence-corrected chi connectivity index (χ0v) is 17.8. The van der Waals surface area contributed by atoms with Crippen molar-refractivity contribution in [2.45, 2.75) is 17.9 Å². The van der Waals surface area contributed by atoms with E-state index < -0.39 is 15.9 Å². The van der Waals surface area contributed by atoms with Gasteiger partial charge in [-0.15, -0.1) is 0 Å². The predicted octanol–water partition coefficient (Wildman–Crippen LogP) is 0.772. The molecule has 2 aliphatic rings. The number of morpholine rings is 1. The SMILES string of the molecule is O=C(NCc1ccccn1)C1CC(=O)N(c2ccc(S(=O)(=O)N3CCOCC3)cc2)C1. The molecule has 0 aliphatic carbocycles. The van der Waals surface area contributed by atoms with Crippen LogP contribution in [0.5, 0.6) is 0 Å². The number of hydrogen-bond acceptors (Lipinski definition) is 6. The average Bonchev–Trinajstić information content (AvgIpc) is 3.20. The standard InChI is InChI=1S/C21H24N4O5S/c26-20-13-16(21(27)23-14-17-3-1-2-8-22-17)15-25(20)18-4-6-19(7-5-18)31(28,29)24-9-11-30-12-10-24/h1-8,16H,9-15H2,(H,23,27). The van der Waals surface area contributed by atoms with Gasteiger partial charge < -0.3 is 15.0 Å². The zero-order chi connectivity index (χ0) is 21.8. The molecule has 10 heteroatoms. The van der Waals surface area contributed by atoms with Gasteiger partial charge in [-0.2, -0.15) is 4.31 Å². The first-order valence-electron chi connectivity index (χ1n) is 10.1. The molecule has 1 aromatic carbocycles. The lowest BCUT2D eigenvalue weighted by Gasteiger charge is -2.26. The normalized spacial score (nSPS) is 20.1. The molecule has 4 rings (SSSR count). The summed E-state index contributed by atoms with van der Waals surface area (Å²) in [6.45, 7) is 1.96. The molecule has 2 aromatic rings. The Bertz CT molecular complexity index is 1040. The predicted molar refractivity (Wildman–Crippen MR) is 113 cm³/mol. The Morgan fingerprint density at radius 3 is 2.55 bits per heavy atom. The smallest absolute Gasteiger partial charge is 0.243 e. The van der Waals surface area contributed by atoms with Crippen molar-refractivity contribution in [1.82, 2.24) is 14.6 Å². The largest absolute Gasteiger partial charge is 0.379 e. The van der Waals surface area contributed by atoms with Crippen molar-refractivity contribution >= 4 is 27.5 Å². The fourth-order valence-electron chi connectivity index (χ4n) is 3.69. The summed E-state index contributed by atoms with van der Waals surface area (Å²) >= 11 is 0. The molecule has 2 saturated heterocycles. The number of hydrogen-bond donors (Lipinski definition) is 1. The van der Waals surface area contributed by atoms with E-state index in [2.05, 4.69) is 10.3 Å². The van der Waals surface area contributed by atoms with E-state index in [0.29, 0.717) is 38.5 Å². The van der Waals surface area contributed by atoms with Crippen molar-refractivity contribution in [1.29, 1.82) is 0 Å². The Labute approximate surface area is 181 Å². The van der Waals surface area contributed by atoms with Crippen molar-refractivity contribution in [2.24, 2.45) is 5.92 Å². The van der Waals surface area contributed by atoms with Crippen LogP contribution in [-0.4, -0.2) is 62.4 Å². The maximum atomic E-state index is 12.7. The Balaban J connectivity index is 1.39. The van der Waals surface area contributed by atoms with Gasteiger partial charge in [0.15, 0.2) is 0 Å². The molecule has 1 N–H and O–H groups in total. The summed E-state index contributed by atoms with van der Waals surface area (Å²) in [5, 5.41) is 2.82. The lowest BCUT2D eigenvalue weighted by atomic mass is 10.1. The molecule has 1 aromatic heterocycles. The van der Waals surface area contributed by atoms with E-state index in [4.69, 9.17) is 4.74 Å². The second-order valence-corrected chi connectivity index (χ2v) is 9.39. The third-order valence-corrected chi connectivity index (χ3v) is 7.33. The van der Waals surface area contributed by atoms with Crippen LogP contribution in [0, 0.1) is 5.92 Å². The average molecular weight is 445 g/mol. The molecule has 3 heterocycles. The summed E-state index contributed by atoms with van der Waals surface area (Å²) in [5.41, 5.74) is 1.32. The van der Waals surface area contributed by atoms with Crippen LogP contribution in [0.3, 0.4) is 0 Å². The first-order chi connectivity index (χ1) is 14.9. The maximum Gasteiger partial charge on any atom is 0.243 e. The number of carbonyl (C=O) groups excluding carboxylic acids is 2. The monoisotopic (exact) mass is 444 g/mol. The maximum absolute atomic E-state index is 12.7. The van der Waals surface area contributed by atoms with E-state index in [0.717, 1.165) is 5.69 Å². The van der Waals surface area contributed by atoms with E-state index in [1.807, 2.05) is 12.1 Å². The number of benzene rings is 1. The molecule has 164 valence electrons. The van der Waals surface area contributed by atoms with Crippen LogP contribution in [0.15, 0.2) is 53.6 Å². The first-order valence-corrected chi connectivity index (χ1v) is 11.5. The van der Waals surface area contributed by atoms with Crippen LogP contribution in [0.1, 0.15) is 12.1 Å². The van der Waals surface area contributed by atoms with Crippen LogP contribution in [0.2, 0.25) is 0 Å². The summed E-state index contributed by atoms with van der Waals surface area (Å²) in [5.74, 6) is -0.831. The fourth-order valence-corrected chi connectivity index (χ4v) is 5.10. The fraction of sp³-hybridized carbons (Fsp3) is 0.381. The van der Waals surface area contributed by atoms with Gasteiger partial charge in [0.1, 0.15) is 0 Å². The van der Waals surface area contributed by atoms with Gasteiger partial charge in [-0.25, -0.2) is 8.42 Å². The molecule has 9 nitrogen and oxygen atoms in total. The topological polar surface area (TPSA) is 109 Å². The van der Waals surface area contributed by atoms with E-state index in [1.54, 1.807) is 24.4 Å². The van der Waals surface area contributed by atoms with Gasteiger partial charge in [-0.05, 0) is 36.4 Å². The lowest BCUT2D eigenvalue weighted by Crippen LogP contribution is -2.40. The summed E-state index contributed by atoms with van der Waals surface area (Å²) in [6, 6.07) is 11.7. The number of pyridine rings is 1. The van der Waals surface area contributed by atoms with Gasteiger partial charge in [0.05, 0.1) is 36.3 Å². The minimum Gasteiger partial charge on any atom is -0.379 e. The molecule has 0 saturated carbocycles. The van der Waals surface area contributed by atoms with E-state index >= 15 is 0 Å². The van der Waals surface area contributed by atoms with E-state index in [1.165, 1.54) is 21.3 Å². The number of carbonyl (C=O) groups is 2. The highest BCUT2D eigenvalue weighted by Crippen LogP contribution is 2.27. The van der Waals surface area contributed by atoms with Gasteiger partial charge >= 0.3 is 0 Å². The first kappa shape index (κ1) is 21.4. The van der Waals surface area contributed by atoms with Gasteiger partial charge in [0, 0.05) is 37.9 Å². The van der Waals surface area contributed by atoms with Crippen molar-refractivity contribution in [3.05, 3.63) is 54.4 Å². The van der Waals surface area contributed by atoms with Gasteiger partial charge in [0.25, 0.3) is 0 Å². The second-order valence-electron chi connectivity index (χ2n) is 7.45. The number of sulfonamides is 1. The molecule has 2 aliphatic heterocycles. The van der Waals surface area contributed by atoms with Crippen molar-refractivity contribution in [3.8, 4) is 0 Å². The Kier molecular flexibility index (Phi) is 6.30. The second kappa shape index (κ2) is 9.13. The number of anilines is 1. The summed E-state index contributed by atoms with van der Waals surface area (Å²) in [4.78, 5) is 30.8. The molecule has 2 fully saturated rings. The van der Waals surface area contributed by atoms with Crippen molar-refractivity contribution in [2.75, 3.05) is 37.7 Å². The number of amides is 2. The molecular formula is C21H24N4O5S. The number of nitrogens with one attached hydrogen (secondary N) is 1. The number of rotatable bonds is 6. The summed E-state index contributed by atoms with van der Waals surface area (Å²) in [7, 11) is -3.59. The third kappa shape index (κ3) is 4.76. The highest BCUT2D eigenvalue weighted by atomic mass is 32.2.